The zero-order valence-corrected chi connectivity index (χ0v) is 13.2. The number of nitrogens with zero attached hydrogens (tertiary/aromatic N) is 2. The Morgan fingerprint density at radius 3 is 2.82 bits per heavy atom. The van der Waals surface area contributed by atoms with Gasteiger partial charge in [0.2, 0.25) is 5.91 Å². The third-order valence-corrected chi connectivity index (χ3v) is 4.85. The molecule has 2 aliphatic heterocycles. The Bertz CT molecular complexity index is 546. The van der Waals surface area contributed by atoms with Gasteiger partial charge in [0.15, 0.2) is 0 Å². The van der Waals surface area contributed by atoms with Crippen LogP contribution in [-0.4, -0.2) is 55.6 Å². The molecule has 120 valence electrons. The van der Waals surface area contributed by atoms with Crippen molar-refractivity contribution in [2.24, 2.45) is 5.41 Å². The van der Waals surface area contributed by atoms with Crippen LogP contribution in [0.2, 0.25) is 0 Å². The molecule has 0 bridgehead atoms. The number of halogens is 1. The predicted molar refractivity (Wildman–Crippen MR) is 81.8 cm³/mol. The molecule has 2 heterocycles. The molecule has 0 aromatic heterocycles. The number of hydrogen-bond acceptors (Lipinski definition) is 3. The lowest BCUT2D eigenvalue weighted by Crippen LogP contribution is -2.56. The van der Waals surface area contributed by atoms with E-state index in [4.69, 9.17) is 4.74 Å². The second-order valence-corrected chi connectivity index (χ2v) is 6.59. The number of ether oxygens (including phenoxy) is 1. The number of hydrogen-bond donors (Lipinski definition) is 0. The minimum Gasteiger partial charge on any atom is -0.377 e. The number of carbonyl (C=O) groups is 1. The first-order valence-electron chi connectivity index (χ1n) is 7.81. The Labute approximate surface area is 130 Å². The zero-order valence-electron chi connectivity index (χ0n) is 13.2. The minimum atomic E-state index is -0.415. The molecule has 22 heavy (non-hydrogen) atoms. The van der Waals surface area contributed by atoms with Crippen LogP contribution in [0.4, 0.5) is 4.39 Å². The topological polar surface area (TPSA) is 32.8 Å². The van der Waals surface area contributed by atoms with Crippen molar-refractivity contribution in [3.63, 3.8) is 0 Å². The van der Waals surface area contributed by atoms with E-state index in [1.807, 2.05) is 26.2 Å². The van der Waals surface area contributed by atoms with Gasteiger partial charge in [0.1, 0.15) is 5.82 Å². The molecule has 5 heteroatoms. The van der Waals surface area contributed by atoms with Crippen molar-refractivity contribution in [2.45, 2.75) is 25.5 Å². The summed E-state index contributed by atoms with van der Waals surface area (Å²) in [4.78, 5) is 16.7. The lowest BCUT2D eigenvalue weighted by molar-refractivity contribution is -0.148. The van der Waals surface area contributed by atoms with E-state index in [9.17, 15) is 9.18 Å². The summed E-state index contributed by atoms with van der Waals surface area (Å²) >= 11 is 0. The molecule has 0 N–H and O–H groups in total. The number of benzene rings is 1. The monoisotopic (exact) mass is 306 g/mol. The van der Waals surface area contributed by atoms with Crippen LogP contribution in [0.1, 0.15) is 18.4 Å². The molecule has 0 spiro atoms. The molecular formula is C17H23FN2O2. The fourth-order valence-electron chi connectivity index (χ4n) is 3.76. The summed E-state index contributed by atoms with van der Waals surface area (Å²) in [6.07, 6.45) is 1.70. The first-order valence-corrected chi connectivity index (χ1v) is 7.81. The van der Waals surface area contributed by atoms with Crippen molar-refractivity contribution >= 4 is 5.91 Å². The standard InChI is InChI=1S/C17H23FN2O2/c1-19(2)16(21)17-8-10-22-15(17)7-9-20(12-17)11-13-3-5-14(18)6-4-13/h3-6,15H,7-12H2,1-2H3/t15-,17-/m1/s1. The quantitative estimate of drug-likeness (QED) is 0.855. The van der Waals surface area contributed by atoms with Gasteiger partial charge < -0.3 is 9.64 Å². The average molecular weight is 306 g/mol. The van der Waals surface area contributed by atoms with Gasteiger partial charge >= 0.3 is 0 Å². The lowest BCUT2D eigenvalue weighted by atomic mass is 9.75. The molecule has 0 radical (unpaired) electrons. The molecule has 2 atom stereocenters. The number of likely N-dealkylation sites (tertiary alicyclic amines) is 1. The molecule has 2 saturated heterocycles. The highest BCUT2D eigenvalue weighted by Crippen LogP contribution is 2.42. The smallest absolute Gasteiger partial charge is 0.232 e. The van der Waals surface area contributed by atoms with Gasteiger partial charge in [0.05, 0.1) is 11.5 Å². The van der Waals surface area contributed by atoms with Gasteiger partial charge in [0, 0.05) is 40.3 Å². The van der Waals surface area contributed by atoms with Crippen molar-refractivity contribution < 1.29 is 13.9 Å². The Hall–Kier alpha value is -1.46. The maximum absolute atomic E-state index is 13.0. The summed E-state index contributed by atoms with van der Waals surface area (Å²) in [6.45, 7) is 3.03. The number of piperidine rings is 1. The molecule has 1 amide bonds. The highest BCUT2D eigenvalue weighted by atomic mass is 19.1. The largest absolute Gasteiger partial charge is 0.377 e. The van der Waals surface area contributed by atoms with Gasteiger partial charge in [-0.3, -0.25) is 9.69 Å². The van der Waals surface area contributed by atoms with Crippen LogP contribution in [-0.2, 0) is 16.1 Å². The van der Waals surface area contributed by atoms with Gasteiger partial charge in [0.25, 0.3) is 0 Å². The van der Waals surface area contributed by atoms with Gasteiger partial charge in [-0.2, -0.15) is 0 Å². The van der Waals surface area contributed by atoms with Crippen molar-refractivity contribution in [3.8, 4) is 0 Å². The van der Waals surface area contributed by atoms with E-state index in [1.165, 1.54) is 12.1 Å². The fraction of sp³-hybridized carbons (Fsp3) is 0.588. The average Bonchev–Trinajstić information content (AvgIpc) is 2.93. The van der Waals surface area contributed by atoms with E-state index in [0.717, 1.165) is 31.5 Å². The zero-order chi connectivity index (χ0) is 15.7. The van der Waals surface area contributed by atoms with Gasteiger partial charge in [-0.15, -0.1) is 0 Å². The van der Waals surface area contributed by atoms with E-state index in [0.29, 0.717) is 13.2 Å². The van der Waals surface area contributed by atoms with Crippen molar-refractivity contribution in [1.82, 2.24) is 9.80 Å². The number of fused-ring (bicyclic) bond motifs is 1. The van der Waals surface area contributed by atoms with Crippen LogP contribution in [0.3, 0.4) is 0 Å². The van der Waals surface area contributed by atoms with Crippen LogP contribution in [0, 0.1) is 11.2 Å². The van der Waals surface area contributed by atoms with E-state index >= 15 is 0 Å². The Morgan fingerprint density at radius 2 is 2.14 bits per heavy atom. The summed E-state index contributed by atoms with van der Waals surface area (Å²) in [6, 6.07) is 6.60. The summed E-state index contributed by atoms with van der Waals surface area (Å²) in [5.74, 6) is -0.0512. The molecule has 1 aromatic rings. The molecule has 3 rings (SSSR count). The minimum absolute atomic E-state index is 0.0341. The van der Waals surface area contributed by atoms with Crippen LogP contribution in [0.15, 0.2) is 24.3 Å². The number of rotatable bonds is 3. The van der Waals surface area contributed by atoms with Crippen molar-refractivity contribution in [1.29, 1.82) is 0 Å². The van der Waals surface area contributed by atoms with Crippen molar-refractivity contribution in [3.05, 3.63) is 35.6 Å². The van der Waals surface area contributed by atoms with E-state index in [1.54, 1.807) is 4.90 Å². The molecule has 2 fully saturated rings. The van der Waals surface area contributed by atoms with Crippen LogP contribution in [0.5, 0.6) is 0 Å². The SMILES string of the molecule is CN(C)C(=O)[C@@]12CCO[C@@H]1CCN(Cc1ccc(F)cc1)C2. The maximum Gasteiger partial charge on any atom is 0.232 e. The maximum atomic E-state index is 13.0. The molecule has 4 nitrogen and oxygen atoms in total. The van der Waals surface area contributed by atoms with E-state index in [-0.39, 0.29) is 17.8 Å². The predicted octanol–water partition coefficient (Wildman–Crippen LogP) is 1.89. The first-order chi connectivity index (χ1) is 10.5. The summed E-state index contributed by atoms with van der Waals surface area (Å²) in [7, 11) is 3.62. The third-order valence-electron chi connectivity index (χ3n) is 4.85. The molecular weight excluding hydrogens is 283 g/mol. The second kappa shape index (κ2) is 5.97. The molecule has 2 aliphatic rings. The Kier molecular flexibility index (Phi) is 4.19. The Morgan fingerprint density at radius 1 is 1.41 bits per heavy atom. The Balaban J connectivity index is 1.76. The summed E-state index contributed by atoms with van der Waals surface area (Å²) < 4.78 is 18.8. The molecule has 0 saturated carbocycles. The van der Waals surface area contributed by atoms with Gasteiger partial charge in [-0.25, -0.2) is 4.39 Å². The van der Waals surface area contributed by atoms with E-state index in [2.05, 4.69) is 4.90 Å². The van der Waals surface area contributed by atoms with Gasteiger partial charge in [-0.1, -0.05) is 12.1 Å². The number of carbonyl (C=O) groups excluding carboxylic acids is 1. The fourth-order valence-corrected chi connectivity index (χ4v) is 3.76. The molecule has 0 aliphatic carbocycles. The highest BCUT2D eigenvalue weighted by Gasteiger charge is 2.53. The van der Waals surface area contributed by atoms with Crippen LogP contribution in [0.25, 0.3) is 0 Å². The van der Waals surface area contributed by atoms with E-state index < -0.39 is 5.41 Å². The van der Waals surface area contributed by atoms with Crippen molar-refractivity contribution in [2.75, 3.05) is 33.8 Å². The summed E-state index contributed by atoms with van der Waals surface area (Å²) in [5, 5.41) is 0. The van der Waals surface area contributed by atoms with Crippen LogP contribution >= 0.6 is 0 Å². The van der Waals surface area contributed by atoms with Gasteiger partial charge in [-0.05, 0) is 30.5 Å². The molecule has 1 aromatic carbocycles. The lowest BCUT2D eigenvalue weighted by Gasteiger charge is -2.43. The third kappa shape index (κ3) is 2.75. The highest BCUT2D eigenvalue weighted by molar-refractivity contribution is 5.83. The molecule has 0 unspecified atom stereocenters. The first kappa shape index (κ1) is 15.4. The number of amides is 1. The summed E-state index contributed by atoms with van der Waals surface area (Å²) in [5.41, 5.74) is 0.660. The second-order valence-electron chi connectivity index (χ2n) is 6.59. The normalized spacial score (nSPS) is 28.4. The van der Waals surface area contributed by atoms with Crippen LogP contribution < -0.4 is 0 Å².